The molecular formula is C12H11FN2O3. The number of rotatable bonds is 4. The Bertz CT molecular complexity index is 580. The van der Waals surface area contributed by atoms with Gasteiger partial charge in [-0.15, -0.1) is 0 Å². The molecule has 6 heteroatoms. The van der Waals surface area contributed by atoms with Crippen LogP contribution in [0.4, 0.5) is 4.39 Å². The minimum absolute atomic E-state index is 0.0115. The molecule has 5 nitrogen and oxygen atoms in total. The van der Waals surface area contributed by atoms with Gasteiger partial charge in [0.1, 0.15) is 18.1 Å². The molecule has 2 rings (SSSR count). The molecule has 0 aliphatic heterocycles. The van der Waals surface area contributed by atoms with Gasteiger partial charge in [0.15, 0.2) is 0 Å². The Morgan fingerprint density at radius 3 is 2.83 bits per heavy atom. The van der Waals surface area contributed by atoms with Gasteiger partial charge in [-0.25, -0.2) is 9.18 Å². The van der Waals surface area contributed by atoms with E-state index in [1.807, 2.05) is 0 Å². The van der Waals surface area contributed by atoms with Crippen LogP contribution in [0.5, 0.6) is 5.75 Å². The molecular weight excluding hydrogens is 239 g/mol. The fourth-order valence-electron chi connectivity index (χ4n) is 1.62. The predicted molar refractivity (Wildman–Crippen MR) is 62.3 cm³/mol. The molecule has 0 spiro atoms. The first-order valence-electron chi connectivity index (χ1n) is 5.17. The Labute approximate surface area is 102 Å². The number of carboxylic acid groups (broad SMARTS) is 1. The zero-order valence-electron chi connectivity index (χ0n) is 9.61. The molecule has 0 saturated carbocycles. The highest BCUT2D eigenvalue weighted by Gasteiger charge is 2.11. The lowest BCUT2D eigenvalue weighted by atomic mass is 10.1. The number of methoxy groups -OCH3 is 1. The van der Waals surface area contributed by atoms with Gasteiger partial charge in [-0.3, -0.25) is 5.10 Å². The van der Waals surface area contributed by atoms with Crippen LogP contribution in [-0.4, -0.2) is 28.4 Å². The van der Waals surface area contributed by atoms with Gasteiger partial charge in [-0.1, -0.05) is 0 Å². The fraction of sp³-hybridized carbons (Fsp3) is 0.167. The average molecular weight is 250 g/mol. The van der Waals surface area contributed by atoms with Crippen molar-refractivity contribution < 1.29 is 19.0 Å². The molecule has 0 unspecified atom stereocenters. The molecule has 0 aliphatic carbocycles. The monoisotopic (exact) mass is 250 g/mol. The largest absolute Gasteiger partial charge is 0.496 e. The van der Waals surface area contributed by atoms with E-state index in [4.69, 9.17) is 9.84 Å². The molecule has 2 N–H and O–H groups in total. The van der Waals surface area contributed by atoms with Crippen LogP contribution in [0, 0.1) is 0 Å². The maximum Gasteiger partial charge on any atom is 0.353 e. The van der Waals surface area contributed by atoms with Crippen molar-refractivity contribution in [1.29, 1.82) is 0 Å². The zero-order valence-corrected chi connectivity index (χ0v) is 9.61. The average Bonchev–Trinajstić information content (AvgIpc) is 2.87. The zero-order chi connectivity index (χ0) is 13.1. The summed E-state index contributed by atoms with van der Waals surface area (Å²) in [5.74, 6) is -0.636. The minimum Gasteiger partial charge on any atom is -0.496 e. The van der Waals surface area contributed by atoms with Crippen LogP contribution in [0.15, 0.2) is 24.3 Å². The topological polar surface area (TPSA) is 75.2 Å². The third-order valence-corrected chi connectivity index (χ3v) is 2.53. The normalized spacial score (nSPS) is 10.3. The number of carbonyl (C=O) groups is 1. The summed E-state index contributed by atoms with van der Waals surface area (Å²) in [6, 6.07) is 6.30. The molecule has 0 aliphatic rings. The lowest BCUT2D eigenvalue weighted by Gasteiger charge is -2.06. The second kappa shape index (κ2) is 4.87. The number of aromatic amines is 1. The molecule has 0 amide bonds. The molecule has 2 aromatic rings. The summed E-state index contributed by atoms with van der Waals surface area (Å²) in [5.41, 5.74) is 1.47. The Hall–Kier alpha value is -2.37. The highest BCUT2D eigenvalue weighted by atomic mass is 19.1. The van der Waals surface area contributed by atoms with Gasteiger partial charge in [0.05, 0.1) is 12.8 Å². The van der Waals surface area contributed by atoms with Crippen molar-refractivity contribution in [2.24, 2.45) is 0 Å². The van der Waals surface area contributed by atoms with Gasteiger partial charge in [0.25, 0.3) is 0 Å². The minimum atomic E-state index is -1.09. The number of H-pyrrole nitrogens is 1. The van der Waals surface area contributed by atoms with Crippen molar-refractivity contribution in [2.75, 3.05) is 7.11 Å². The SMILES string of the molecule is COc1ccc(-c2cc(C(=O)O)[nH]n2)cc1CF. The number of alkyl halides is 1. The summed E-state index contributed by atoms with van der Waals surface area (Å²) < 4.78 is 17.8. The second-order valence-electron chi connectivity index (χ2n) is 3.63. The molecule has 0 bridgehead atoms. The first-order valence-corrected chi connectivity index (χ1v) is 5.17. The molecule has 0 radical (unpaired) electrons. The maximum absolute atomic E-state index is 12.8. The molecule has 0 fully saturated rings. The van der Waals surface area contributed by atoms with Crippen LogP contribution in [0.2, 0.25) is 0 Å². The van der Waals surface area contributed by atoms with Crippen molar-refractivity contribution in [2.45, 2.75) is 6.67 Å². The van der Waals surface area contributed by atoms with Gasteiger partial charge >= 0.3 is 5.97 Å². The van der Waals surface area contributed by atoms with Crippen molar-refractivity contribution in [3.8, 4) is 17.0 Å². The second-order valence-corrected chi connectivity index (χ2v) is 3.63. The van der Waals surface area contributed by atoms with Crippen LogP contribution >= 0.6 is 0 Å². The quantitative estimate of drug-likeness (QED) is 0.872. The van der Waals surface area contributed by atoms with Gasteiger partial charge in [0.2, 0.25) is 0 Å². The molecule has 18 heavy (non-hydrogen) atoms. The van der Waals surface area contributed by atoms with Crippen molar-refractivity contribution in [1.82, 2.24) is 10.2 Å². The van der Waals surface area contributed by atoms with E-state index in [0.717, 1.165) is 0 Å². The smallest absolute Gasteiger partial charge is 0.353 e. The van der Waals surface area contributed by atoms with E-state index >= 15 is 0 Å². The summed E-state index contributed by atoms with van der Waals surface area (Å²) in [7, 11) is 1.46. The summed E-state index contributed by atoms with van der Waals surface area (Å²) in [4.78, 5) is 10.7. The number of hydrogen-bond donors (Lipinski definition) is 2. The van der Waals surface area contributed by atoms with Crippen LogP contribution in [0.25, 0.3) is 11.3 Å². The van der Waals surface area contributed by atoms with E-state index in [1.165, 1.54) is 13.2 Å². The lowest BCUT2D eigenvalue weighted by molar-refractivity contribution is 0.0690. The highest BCUT2D eigenvalue weighted by Crippen LogP contribution is 2.26. The molecule has 1 aromatic heterocycles. The number of hydrogen-bond acceptors (Lipinski definition) is 3. The number of carboxylic acids is 1. The van der Waals surface area contributed by atoms with Crippen LogP contribution in [-0.2, 0) is 6.67 Å². The van der Waals surface area contributed by atoms with E-state index < -0.39 is 12.6 Å². The van der Waals surface area contributed by atoms with E-state index in [9.17, 15) is 9.18 Å². The Morgan fingerprint density at radius 2 is 2.28 bits per heavy atom. The maximum atomic E-state index is 12.8. The van der Waals surface area contributed by atoms with Gasteiger partial charge in [-0.2, -0.15) is 5.10 Å². The van der Waals surface area contributed by atoms with E-state index in [-0.39, 0.29) is 5.69 Å². The van der Waals surface area contributed by atoms with Crippen molar-refractivity contribution >= 4 is 5.97 Å². The molecule has 0 saturated heterocycles. The summed E-state index contributed by atoms with van der Waals surface area (Å²) in [6.07, 6.45) is 0. The van der Waals surface area contributed by atoms with Gasteiger partial charge < -0.3 is 9.84 Å². The fourth-order valence-corrected chi connectivity index (χ4v) is 1.62. The highest BCUT2D eigenvalue weighted by molar-refractivity contribution is 5.86. The standard InChI is InChI=1S/C12H11FN2O3/c1-18-11-3-2-7(4-8(11)6-13)9-5-10(12(16)17)15-14-9/h2-5H,6H2,1H3,(H,14,15)(H,16,17). The Kier molecular flexibility index (Phi) is 3.27. The summed E-state index contributed by atoms with van der Waals surface area (Å²) in [5, 5.41) is 15.0. The van der Waals surface area contributed by atoms with Crippen LogP contribution in [0.1, 0.15) is 16.1 Å². The first-order chi connectivity index (χ1) is 8.65. The number of benzene rings is 1. The molecule has 94 valence electrons. The number of halogens is 1. The first kappa shape index (κ1) is 12.1. The van der Waals surface area contributed by atoms with E-state index in [2.05, 4.69) is 10.2 Å². The summed E-state index contributed by atoms with van der Waals surface area (Å²) >= 11 is 0. The summed E-state index contributed by atoms with van der Waals surface area (Å²) in [6.45, 7) is -0.660. The number of aromatic carboxylic acids is 1. The van der Waals surface area contributed by atoms with Crippen LogP contribution in [0.3, 0.4) is 0 Å². The molecule has 1 aromatic carbocycles. The van der Waals surface area contributed by atoms with E-state index in [1.54, 1.807) is 18.2 Å². The van der Waals surface area contributed by atoms with Crippen LogP contribution < -0.4 is 4.74 Å². The van der Waals surface area contributed by atoms with Crippen molar-refractivity contribution in [3.63, 3.8) is 0 Å². The van der Waals surface area contributed by atoms with E-state index in [0.29, 0.717) is 22.6 Å². The molecule has 0 atom stereocenters. The third kappa shape index (κ3) is 2.17. The Balaban J connectivity index is 2.41. The number of nitrogens with one attached hydrogen (secondary N) is 1. The third-order valence-electron chi connectivity index (χ3n) is 2.53. The van der Waals surface area contributed by atoms with Gasteiger partial charge in [-0.05, 0) is 24.3 Å². The Morgan fingerprint density at radius 1 is 1.50 bits per heavy atom. The van der Waals surface area contributed by atoms with Crippen molar-refractivity contribution in [3.05, 3.63) is 35.5 Å². The predicted octanol–water partition coefficient (Wildman–Crippen LogP) is 2.25. The molecule has 1 heterocycles. The lowest BCUT2D eigenvalue weighted by Crippen LogP contribution is -1.95. The number of aromatic nitrogens is 2. The van der Waals surface area contributed by atoms with Gasteiger partial charge in [0, 0.05) is 11.1 Å². The number of nitrogens with zero attached hydrogens (tertiary/aromatic N) is 1. The number of ether oxygens (including phenoxy) is 1.